The van der Waals surface area contributed by atoms with Crippen molar-refractivity contribution in [1.82, 2.24) is 10.4 Å². The second kappa shape index (κ2) is 5.84. The number of nitrogen functional groups attached to an aromatic ring is 1. The summed E-state index contributed by atoms with van der Waals surface area (Å²) >= 11 is 0. The summed E-state index contributed by atoms with van der Waals surface area (Å²) in [5.41, 5.74) is 11.6. The van der Waals surface area contributed by atoms with E-state index in [4.69, 9.17) is 11.6 Å². The molecule has 1 fully saturated rings. The number of aromatic nitrogens is 1. The molecule has 0 aliphatic heterocycles. The van der Waals surface area contributed by atoms with Crippen molar-refractivity contribution in [1.29, 1.82) is 0 Å². The van der Waals surface area contributed by atoms with Gasteiger partial charge in [0.05, 0.1) is 0 Å². The van der Waals surface area contributed by atoms with E-state index in [1.807, 2.05) is 12.1 Å². The molecule has 21 heavy (non-hydrogen) atoms. The number of benzene rings is 1. The van der Waals surface area contributed by atoms with Crippen LogP contribution in [-0.4, -0.2) is 11.0 Å². The monoisotopic (exact) mass is 282 g/mol. The molecule has 2 aromatic rings. The van der Waals surface area contributed by atoms with Crippen LogP contribution in [0.15, 0.2) is 48.7 Å². The van der Waals surface area contributed by atoms with Crippen molar-refractivity contribution in [2.75, 3.05) is 5.73 Å². The van der Waals surface area contributed by atoms with E-state index in [0.717, 1.165) is 24.8 Å². The molecule has 110 valence electrons. The molecule has 4 nitrogen and oxygen atoms in total. The van der Waals surface area contributed by atoms with Gasteiger partial charge in [-0.15, -0.1) is 0 Å². The quantitative estimate of drug-likeness (QED) is 0.580. The molecule has 0 saturated heterocycles. The van der Waals surface area contributed by atoms with Crippen molar-refractivity contribution < 1.29 is 0 Å². The number of pyridine rings is 1. The highest BCUT2D eigenvalue weighted by atomic mass is 15.2. The summed E-state index contributed by atoms with van der Waals surface area (Å²) < 4.78 is 0. The molecule has 3 rings (SSSR count). The summed E-state index contributed by atoms with van der Waals surface area (Å²) in [6, 6.07) is 14.8. The Kier molecular flexibility index (Phi) is 3.90. The van der Waals surface area contributed by atoms with Gasteiger partial charge in [-0.2, -0.15) is 0 Å². The third-order valence-electron chi connectivity index (χ3n) is 4.81. The highest BCUT2D eigenvalue weighted by Crippen LogP contribution is 2.47. The lowest BCUT2D eigenvalue weighted by Gasteiger charge is -2.48. The fourth-order valence-corrected chi connectivity index (χ4v) is 3.42. The minimum atomic E-state index is 0.109. The van der Waals surface area contributed by atoms with Crippen molar-refractivity contribution in [3.8, 4) is 0 Å². The average molecular weight is 282 g/mol. The zero-order valence-corrected chi connectivity index (χ0v) is 12.1. The number of nitrogens with one attached hydrogen (secondary N) is 1. The van der Waals surface area contributed by atoms with Gasteiger partial charge >= 0.3 is 0 Å². The van der Waals surface area contributed by atoms with E-state index in [1.165, 1.54) is 12.0 Å². The normalized spacial score (nSPS) is 18.0. The van der Waals surface area contributed by atoms with Gasteiger partial charge < -0.3 is 5.73 Å². The third-order valence-corrected chi connectivity index (χ3v) is 4.81. The fraction of sp³-hybridized carbons (Fsp3) is 0.353. The number of anilines is 1. The van der Waals surface area contributed by atoms with E-state index in [9.17, 15) is 0 Å². The molecule has 1 atom stereocenters. The molecular weight excluding hydrogens is 260 g/mol. The van der Waals surface area contributed by atoms with Gasteiger partial charge in [0.15, 0.2) is 0 Å². The van der Waals surface area contributed by atoms with Gasteiger partial charge in [0.25, 0.3) is 0 Å². The van der Waals surface area contributed by atoms with Crippen molar-refractivity contribution in [3.05, 3.63) is 59.8 Å². The maximum atomic E-state index is 5.99. The summed E-state index contributed by atoms with van der Waals surface area (Å²) in [5, 5.41) is 0. The Morgan fingerprint density at radius 1 is 1.14 bits per heavy atom. The van der Waals surface area contributed by atoms with Gasteiger partial charge in [-0.1, -0.05) is 42.8 Å². The Hall–Kier alpha value is -1.91. The highest BCUT2D eigenvalue weighted by Gasteiger charge is 2.45. The van der Waals surface area contributed by atoms with Crippen molar-refractivity contribution in [3.63, 3.8) is 0 Å². The van der Waals surface area contributed by atoms with Crippen LogP contribution in [0.1, 0.15) is 30.4 Å². The number of nitrogens with zero attached hydrogens (tertiary/aromatic N) is 1. The summed E-state index contributed by atoms with van der Waals surface area (Å²) in [4.78, 5) is 4.17. The molecular formula is C17H22N4. The summed E-state index contributed by atoms with van der Waals surface area (Å²) in [6.07, 6.45) is 6.08. The molecule has 1 aromatic heterocycles. The Morgan fingerprint density at radius 2 is 1.90 bits per heavy atom. The first-order chi connectivity index (χ1) is 10.3. The molecule has 1 aliphatic rings. The van der Waals surface area contributed by atoms with Crippen molar-refractivity contribution >= 4 is 5.82 Å². The largest absolute Gasteiger partial charge is 0.383 e. The Balaban J connectivity index is 1.90. The van der Waals surface area contributed by atoms with E-state index in [1.54, 1.807) is 6.20 Å². The van der Waals surface area contributed by atoms with Crippen LogP contribution in [0.25, 0.3) is 0 Å². The Labute approximate surface area is 125 Å². The van der Waals surface area contributed by atoms with Crippen LogP contribution in [0, 0.1) is 0 Å². The smallest absolute Gasteiger partial charge is 0.126 e. The lowest BCUT2D eigenvalue weighted by atomic mass is 9.59. The molecule has 1 unspecified atom stereocenters. The topological polar surface area (TPSA) is 77.0 Å². The summed E-state index contributed by atoms with van der Waals surface area (Å²) in [6.45, 7) is 0. The first kappa shape index (κ1) is 14.0. The predicted octanol–water partition coefficient (Wildman–Crippen LogP) is 2.16. The molecule has 0 amide bonds. The maximum absolute atomic E-state index is 5.99. The van der Waals surface area contributed by atoms with Gasteiger partial charge in [-0.25, -0.2) is 4.98 Å². The standard InChI is InChI=1S/C17H22N4/c18-16-13(6-4-11-20-16)12-15(21-19)17(9-5-10-17)14-7-2-1-3-8-14/h1-4,6-8,11,15,21H,5,9-10,12,19H2,(H2,18,20). The van der Waals surface area contributed by atoms with Gasteiger partial charge in [-0.3, -0.25) is 11.3 Å². The van der Waals surface area contributed by atoms with Crippen LogP contribution in [0.3, 0.4) is 0 Å². The molecule has 1 saturated carbocycles. The van der Waals surface area contributed by atoms with Crippen LogP contribution >= 0.6 is 0 Å². The van der Waals surface area contributed by atoms with E-state index in [0.29, 0.717) is 5.82 Å². The lowest BCUT2D eigenvalue weighted by molar-refractivity contribution is 0.168. The van der Waals surface area contributed by atoms with Gasteiger partial charge in [0, 0.05) is 17.7 Å². The minimum absolute atomic E-state index is 0.109. The van der Waals surface area contributed by atoms with Crippen molar-refractivity contribution in [2.24, 2.45) is 5.84 Å². The second-order valence-electron chi connectivity index (χ2n) is 5.85. The second-order valence-corrected chi connectivity index (χ2v) is 5.85. The van der Waals surface area contributed by atoms with E-state index >= 15 is 0 Å². The Bertz CT molecular complexity index is 593. The average Bonchev–Trinajstić information content (AvgIpc) is 2.48. The number of rotatable bonds is 5. The third kappa shape index (κ3) is 2.52. The number of hydrogen-bond donors (Lipinski definition) is 3. The fourth-order valence-electron chi connectivity index (χ4n) is 3.42. The molecule has 4 heteroatoms. The minimum Gasteiger partial charge on any atom is -0.383 e. The maximum Gasteiger partial charge on any atom is 0.126 e. The first-order valence-electron chi connectivity index (χ1n) is 7.47. The Morgan fingerprint density at radius 3 is 2.48 bits per heavy atom. The number of nitrogens with two attached hydrogens (primary N) is 2. The van der Waals surface area contributed by atoms with Crippen LogP contribution in [0.4, 0.5) is 5.82 Å². The van der Waals surface area contributed by atoms with E-state index in [2.05, 4.69) is 40.7 Å². The molecule has 1 heterocycles. The van der Waals surface area contributed by atoms with E-state index < -0.39 is 0 Å². The van der Waals surface area contributed by atoms with Crippen LogP contribution in [0.5, 0.6) is 0 Å². The van der Waals surface area contributed by atoms with Crippen molar-refractivity contribution in [2.45, 2.75) is 37.1 Å². The van der Waals surface area contributed by atoms with E-state index in [-0.39, 0.29) is 11.5 Å². The number of hydrazine groups is 1. The zero-order chi connectivity index (χ0) is 14.7. The van der Waals surface area contributed by atoms with Crippen LogP contribution in [-0.2, 0) is 11.8 Å². The highest BCUT2D eigenvalue weighted by molar-refractivity contribution is 5.40. The lowest BCUT2D eigenvalue weighted by Crippen LogP contribution is -2.56. The summed E-state index contributed by atoms with van der Waals surface area (Å²) in [5.74, 6) is 6.49. The summed E-state index contributed by atoms with van der Waals surface area (Å²) in [7, 11) is 0. The molecule has 1 aromatic carbocycles. The molecule has 1 aliphatic carbocycles. The first-order valence-corrected chi connectivity index (χ1v) is 7.47. The molecule has 0 bridgehead atoms. The molecule has 0 spiro atoms. The molecule has 5 N–H and O–H groups in total. The molecule has 0 radical (unpaired) electrons. The van der Waals surface area contributed by atoms with Gasteiger partial charge in [-0.05, 0) is 36.5 Å². The number of hydrogen-bond acceptors (Lipinski definition) is 4. The van der Waals surface area contributed by atoms with Gasteiger partial charge in [0.1, 0.15) is 5.82 Å². The van der Waals surface area contributed by atoms with Gasteiger partial charge in [0.2, 0.25) is 0 Å². The van der Waals surface area contributed by atoms with Crippen LogP contribution in [0.2, 0.25) is 0 Å². The SMILES string of the molecule is NNC(Cc1cccnc1N)C1(c2ccccc2)CCC1. The van der Waals surface area contributed by atoms with Crippen LogP contribution < -0.4 is 17.0 Å². The predicted molar refractivity (Wildman–Crippen MR) is 85.4 cm³/mol. The zero-order valence-electron chi connectivity index (χ0n) is 12.1.